The fourth-order valence-corrected chi connectivity index (χ4v) is 2.69. The lowest BCUT2D eigenvalue weighted by molar-refractivity contribution is -0.131. The maximum absolute atomic E-state index is 12.9. The maximum atomic E-state index is 12.9. The van der Waals surface area contributed by atoms with Gasteiger partial charge in [-0.15, -0.1) is 0 Å². The van der Waals surface area contributed by atoms with Gasteiger partial charge in [-0.05, 0) is 30.7 Å². The summed E-state index contributed by atoms with van der Waals surface area (Å²) in [5, 5.41) is 0. The first-order chi connectivity index (χ1) is 10.1. The summed E-state index contributed by atoms with van der Waals surface area (Å²) in [6.07, 6.45) is 2.33. The van der Waals surface area contributed by atoms with E-state index in [0.717, 1.165) is 31.6 Å². The number of halogens is 1. The molecule has 1 saturated heterocycles. The number of anilines is 1. The third-order valence-corrected chi connectivity index (χ3v) is 3.92. The summed E-state index contributed by atoms with van der Waals surface area (Å²) in [4.78, 5) is 16.2. The van der Waals surface area contributed by atoms with Crippen molar-refractivity contribution in [3.05, 3.63) is 30.1 Å². The highest BCUT2D eigenvalue weighted by Gasteiger charge is 2.22. The van der Waals surface area contributed by atoms with Crippen molar-refractivity contribution in [2.75, 3.05) is 31.1 Å². The summed E-state index contributed by atoms with van der Waals surface area (Å²) < 4.78 is 12.9. The lowest BCUT2D eigenvalue weighted by Crippen LogP contribution is -2.49. The van der Waals surface area contributed by atoms with Crippen LogP contribution in [0.25, 0.3) is 0 Å². The van der Waals surface area contributed by atoms with E-state index >= 15 is 0 Å². The minimum Gasteiger partial charge on any atom is -0.368 e. The second kappa shape index (κ2) is 7.41. The van der Waals surface area contributed by atoms with Crippen molar-refractivity contribution in [3.63, 3.8) is 0 Å². The number of rotatable bonds is 5. The Morgan fingerprint density at radius 3 is 2.43 bits per heavy atom. The van der Waals surface area contributed by atoms with E-state index in [-0.39, 0.29) is 17.8 Å². The molecule has 0 spiro atoms. The van der Waals surface area contributed by atoms with Crippen LogP contribution in [0, 0.1) is 5.82 Å². The number of hydrogen-bond acceptors (Lipinski definition) is 3. The van der Waals surface area contributed by atoms with Gasteiger partial charge in [-0.25, -0.2) is 4.39 Å². The van der Waals surface area contributed by atoms with Crippen LogP contribution in [0.1, 0.15) is 26.2 Å². The average Bonchev–Trinajstić information content (AvgIpc) is 2.48. The number of amides is 1. The van der Waals surface area contributed by atoms with Gasteiger partial charge in [-0.1, -0.05) is 13.3 Å². The van der Waals surface area contributed by atoms with Crippen LogP contribution < -0.4 is 10.6 Å². The Morgan fingerprint density at radius 1 is 1.24 bits per heavy atom. The molecule has 1 fully saturated rings. The van der Waals surface area contributed by atoms with Crippen LogP contribution in [-0.4, -0.2) is 43.0 Å². The molecule has 1 atom stereocenters. The van der Waals surface area contributed by atoms with Crippen LogP contribution in [-0.2, 0) is 4.79 Å². The fourth-order valence-electron chi connectivity index (χ4n) is 2.69. The number of nitrogens with zero attached hydrogens (tertiary/aromatic N) is 2. The molecule has 5 heteroatoms. The van der Waals surface area contributed by atoms with E-state index in [1.807, 2.05) is 4.90 Å². The van der Waals surface area contributed by atoms with E-state index in [2.05, 4.69) is 11.8 Å². The first-order valence-corrected chi connectivity index (χ1v) is 7.64. The average molecular weight is 293 g/mol. The predicted molar refractivity (Wildman–Crippen MR) is 82.7 cm³/mol. The van der Waals surface area contributed by atoms with Crippen molar-refractivity contribution < 1.29 is 9.18 Å². The van der Waals surface area contributed by atoms with E-state index in [4.69, 9.17) is 5.73 Å². The maximum Gasteiger partial charge on any atom is 0.224 e. The Bertz CT molecular complexity index is 455. The molecule has 1 aliphatic rings. The van der Waals surface area contributed by atoms with Gasteiger partial charge in [-0.2, -0.15) is 0 Å². The minimum absolute atomic E-state index is 0.0300. The molecule has 0 radical (unpaired) electrons. The number of piperazine rings is 1. The number of nitrogens with two attached hydrogens (primary N) is 1. The molecular weight excluding hydrogens is 269 g/mol. The molecule has 116 valence electrons. The largest absolute Gasteiger partial charge is 0.368 e. The molecule has 0 aromatic heterocycles. The molecule has 0 saturated carbocycles. The number of benzene rings is 1. The van der Waals surface area contributed by atoms with Crippen molar-refractivity contribution in [3.8, 4) is 0 Å². The standard InChI is InChI=1S/C16H24FN3O/c1-2-3-14(18)12-16(21)20-10-8-19(9-11-20)15-6-4-13(17)5-7-15/h4-7,14H,2-3,8-12,18H2,1H3. The first kappa shape index (κ1) is 15.8. The number of carbonyl (C=O) groups excluding carboxylic acids is 1. The summed E-state index contributed by atoms with van der Waals surface area (Å²) in [5.41, 5.74) is 6.94. The molecule has 1 aliphatic heterocycles. The molecule has 1 amide bonds. The predicted octanol–water partition coefficient (Wildman–Crippen LogP) is 1.99. The van der Waals surface area contributed by atoms with E-state index < -0.39 is 0 Å². The van der Waals surface area contributed by atoms with Gasteiger partial charge in [0.1, 0.15) is 5.82 Å². The Kier molecular flexibility index (Phi) is 5.56. The van der Waals surface area contributed by atoms with E-state index in [1.165, 1.54) is 12.1 Å². The molecule has 21 heavy (non-hydrogen) atoms. The van der Waals surface area contributed by atoms with Crippen molar-refractivity contribution in [1.82, 2.24) is 4.90 Å². The van der Waals surface area contributed by atoms with Crippen LogP contribution in [0.2, 0.25) is 0 Å². The zero-order valence-electron chi connectivity index (χ0n) is 12.6. The van der Waals surface area contributed by atoms with Crippen LogP contribution in [0.4, 0.5) is 10.1 Å². The lowest BCUT2D eigenvalue weighted by atomic mass is 10.1. The zero-order valence-corrected chi connectivity index (χ0v) is 12.6. The Hall–Kier alpha value is -1.62. The molecule has 1 unspecified atom stereocenters. The molecule has 4 nitrogen and oxygen atoms in total. The van der Waals surface area contributed by atoms with Crippen LogP contribution in [0.3, 0.4) is 0 Å². The Morgan fingerprint density at radius 2 is 1.86 bits per heavy atom. The molecule has 2 rings (SSSR count). The number of hydrogen-bond donors (Lipinski definition) is 1. The first-order valence-electron chi connectivity index (χ1n) is 7.64. The van der Waals surface area contributed by atoms with Gasteiger partial charge < -0.3 is 15.5 Å². The normalized spacial score (nSPS) is 16.9. The summed E-state index contributed by atoms with van der Waals surface area (Å²) >= 11 is 0. The lowest BCUT2D eigenvalue weighted by Gasteiger charge is -2.36. The third kappa shape index (κ3) is 4.43. The van der Waals surface area contributed by atoms with E-state index in [1.54, 1.807) is 12.1 Å². The van der Waals surface area contributed by atoms with Gasteiger partial charge in [0.25, 0.3) is 0 Å². The Balaban J connectivity index is 1.82. The summed E-state index contributed by atoms with van der Waals surface area (Å²) in [7, 11) is 0. The molecule has 2 N–H and O–H groups in total. The third-order valence-electron chi connectivity index (χ3n) is 3.92. The summed E-state index contributed by atoms with van der Waals surface area (Å²) in [5.74, 6) is -0.0767. The van der Waals surface area contributed by atoms with Crippen LogP contribution in [0.15, 0.2) is 24.3 Å². The van der Waals surface area contributed by atoms with Gasteiger partial charge >= 0.3 is 0 Å². The second-order valence-corrected chi connectivity index (χ2v) is 5.60. The summed E-state index contributed by atoms with van der Waals surface area (Å²) in [6.45, 7) is 5.04. The van der Waals surface area contributed by atoms with Crippen LogP contribution >= 0.6 is 0 Å². The molecule has 0 aliphatic carbocycles. The molecule has 1 heterocycles. The SMILES string of the molecule is CCCC(N)CC(=O)N1CCN(c2ccc(F)cc2)CC1. The molecule has 1 aromatic rings. The van der Waals surface area contributed by atoms with Crippen molar-refractivity contribution in [2.24, 2.45) is 5.73 Å². The smallest absolute Gasteiger partial charge is 0.224 e. The van der Waals surface area contributed by atoms with Crippen molar-refractivity contribution >= 4 is 11.6 Å². The molecular formula is C16H24FN3O. The molecule has 1 aromatic carbocycles. The van der Waals surface area contributed by atoms with Gasteiger partial charge in [0.05, 0.1) is 0 Å². The highest BCUT2D eigenvalue weighted by molar-refractivity contribution is 5.77. The van der Waals surface area contributed by atoms with Crippen molar-refractivity contribution in [1.29, 1.82) is 0 Å². The topological polar surface area (TPSA) is 49.6 Å². The van der Waals surface area contributed by atoms with Crippen molar-refractivity contribution in [2.45, 2.75) is 32.2 Å². The second-order valence-electron chi connectivity index (χ2n) is 5.60. The Labute approximate surface area is 125 Å². The fraction of sp³-hybridized carbons (Fsp3) is 0.562. The molecule has 0 bridgehead atoms. The van der Waals surface area contributed by atoms with Gasteiger partial charge in [0, 0.05) is 44.3 Å². The minimum atomic E-state index is -0.225. The highest BCUT2D eigenvalue weighted by atomic mass is 19.1. The van der Waals surface area contributed by atoms with E-state index in [0.29, 0.717) is 19.5 Å². The quantitative estimate of drug-likeness (QED) is 0.903. The van der Waals surface area contributed by atoms with Gasteiger partial charge in [-0.3, -0.25) is 4.79 Å². The highest BCUT2D eigenvalue weighted by Crippen LogP contribution is 2.17. The van der Waals surface area contributed by atoms with E-state index in [9.17, 15) is 9.18 Å². The van der Waals surface area contributed by atoms with Gasteiger partial charge in [0.15, 0.2) is 0 Å². The summed E-state index contributed by atoms with van der Waals surface area (Å²) in [6, 6.07) is 6.47. The number of carbonyl (C=O) groups is 1. The van der Waals surface area contributed by atoms with Gasteiger partial charge in [0.2, 0.25) is 5.91 Å². The van der Waals surface area contributed by atoms with Crippen LogP contribution in [0.5, 0.6) is 0 Å². The zero-order chi connectivity index (χ0) is 15.2. The monoisotopic (exact) mass is 293 g/mol.